The van der Waals surface area contributed by atoms with Crippen LogP contribution in [0.3, 0.4) is 0 Å². The summed E-state index contributed by atoms with van der Waals surface area (Å²) in [4.78, 5) is 0. The first-order chi connectivity index (χ1) is 8.61. The van der Waals surface area contributed by atoms with Crippen molar-refractivity contribution >= 4 is 0 Å². The topological polar surface area (TPSA) is 29.5 Å². The minimum atomic E-state index is -0.684. The van der Waals surface area contributed by atoms with Crippen molar-refractivity contribution in [3.05, 3.63) is 59.4 Å². The maximum atomic E-state index is 10.0. The van der Waals surface area contributed by atoms with Crippen LogP contribution in [0.4, 0.5) is 0 Å². The number of benzene rings is 1. The van der Waals surface area contributed by atoms with Crippen molar-refractivity contribution < 1.29 is 9.84 Å². The molecule has 1 aliphatic rings. The van der Waals surface area contributed by atoms with E-state index in [1.54, 1.807) is 0 Å². The molecule has 0 aromatic heterocycles. The van der Waals surface area contributed by atoms with E-state index in [9.17, 15) is 5.11 Å². The minimum absolute atomic E-state index is 0.570. The standard InChI is InChI=1S/C16H20O2/c1-3-16(17)10-8-15(9-11-16)18-12-14-6-4-13(2)5-7-14/h4-10,17H,3,11-12H2,1-2H3. The Hall–Kier alpha value is -1.54. The molecule has 0 spiro atoms. The first-order valence-electron chi connectivity index (χ1n) is 6.41. The molecule has 2 nitrogen and oxygen atoms in total. The fourth-order valence-corrected chi connectivity index (χ4v) is 1.87. The number of aryl methyl sites for hydroxylation is 1. The third-order valence-corrected chi connectivity index (χ3v) is 3.35. The van der Waals surface area contributed by atoms with E-state index >= 15 is 0 Å². The van der Waals surface area contributed by atoms with E-state index in [1.165, 1.54) is 5.56 Å². The van der Waals surface area contributed by atoms with Crippen LogP contribution in [0.5, 0.6) is 0 Å². The van der Waals surface area contributed by atoms with Gasteiger partial charge < -0.3 is 9.84 Å². The average Bonchev–Trinajstić information content (AvgIpc) is 2.40. The highest BCUT2D eigenvalue weighted by Crippen LogP contribution is 2.24. The lowest BCUT2D eigenvalue weighted by molar-refractivity contribution is 0.0842. The summed E-state index contributed by atoms with van der Waals surface area (Å²) in [7, 11) is 0. The summed E-state index contributed by atoms with van der Waals surface area (Å²) >= 11 is 0. The molecule has 1 N–H and O–H groups in total. The van der Waals surface area contributed by atoms with Crippen LogP contribution < -0.4 is 0 Å². The highest BCUT2D eigenvalue weighted by atomic mass is 16.5. The summed E-state index contributed by atoms with van der Waals surface area (Å²) in [5.41, 5.74) is 1.73. The zero-order valence-electron chi connectivity index (χ0n) is 11.0. The largest absolute Gasteiger partial charge is 0.489 e. The molecule has 1 unspecified atom stereocenters. The van der Waals surface area contributed by atoms with Crippen molar-refractivity contribution in [2.75, 3.05) is 0 Å². The van der Waals surface area contributed by atoms with Gasteiger partial charge in [-0.1, -0.05) is 36.8 Å². The summed E-state index contributed by atoms with van der Waals surface area (Å²) < 4.78 is 5.71. The van der Waals surface area contributed by atoms with Gasteiger partial charge in [0.05, 0.1) is 5.60 Å². The van der Waals surface area contributed by atoms with E-state index in [4.69, 9.17) is 4.74 Å². The molecule has 0 radical (unpaired) electrons. The molecule has 0 saturated carbocycles. The number of allylic oxidation sites excluding steroid dienone is 1. The Morgan fingerprint density at radius 2 is 2.00 bits per heavy atom. The first-order valence-corrected chi connectivity index (χ1v) is 6.41. The van der Waals surface area contributed by atoms with Crippen LogP contribution in [-0.4, -0.2) is 10.7 Å². The molecule has 1 aromatic carbocycles. The van der Waals surface area contributed by atoms with E-state index in [2.05, 4.69) is 31.2 Å². The molecule has 0 amide bonds. The van der Waals surface area contributed by atoms with Crippen LogP contribution in [-0.2, 0) is 11.3 Å². The molecule has 2 rings (SSSR count). The summed E-state index contributed by atoms with van der Waals surface area (Å²) in [6.07, 6.45) is 7.00. The van der Waals surface area contributed by atoms with E-state index < -0.39 is 5.60 Å². The highest BCUT2D eigenvalue weighted by Gasteiger charge is 2.22. The summed E-state index contributed by atoms with van der Waals surface area (Å²) in [5.74, 6) is 0.841. The van der Waals surface area contributed by atoms with Gasteiger partial charge in [-0.3, -0.25) is 0 Å². The van der Waals surface area contributed by atoms with Crippen molar-refractivity contribution in [1.29, 1.82) is 0 Å². The summed E-state index contributed by atoms with van der Waals surface area (Å²) in [6.45, 7) is 4.62. The molecular formula is C16H20O2. The Labute approximate surface area is 109 Å². The molecule has 1 atom stereocenters. The van der Waals surface area contributed by atoms with Gasteiger partial charge in [0, 0.05) is 6.42 Å². The Morgan fingerprint density at radius 1 is 1.28 bits per heavy atom. The third-order valence-electron chi connectivity index (χ3n) is 3.35. The predicted molar refractivity (Wildman–Crippen MR) is 73.0 cm³/mol. The smallest absolute Gasteiger partial charge is 0.115 e. The normalized spacial score (nSPS) is 22.7. The Kier molecular flexibility index (Phi) is 3.87. The second-order valence-electron chi connectivity index (χ2n) is 4.88. The predicted octanol–water partition coefficient (Wildman–Crippen LogP) is 3.50. The molecule has 2 heteroatoms. The summed E-state index contributed by atoms with van der Waals surface area (Å²) in [6, 6.07) is 8.31. The van der Waals surface area contributed by atoms with E-state index in [0.29, 0.717) is 13.0 Å². The second-order valence-corrected chi connectivity index (χ2v) is 4.88. The number of aliphatic hydroxyl groups is 1. The molecule has 18 heavy (non-hydrogen) atoms. The Bertz CT molecular complexity index is 456. The van der Waals surface area contributed by atoms with Crippen molar-refractivity contribution in [1.82, 2.24) is 0 Å². The fraction of sp³-hybridized carbons (Fsp3) is 0.375. The molecule has 0 aliphatic heterocycles. The van der Waals surface area contributed by atoms with Gasteiger partial charge in [-0.25, -0.2) is 0 Å². The van der Waals surface area contributed by atoms with E-state index in [1.807, 2.05) is 25.2 Å². The van der Waals surface area contributed by atoms with Gasteiger partial charge in [-0.2, -0.15) is 0 Å². The van der Waals surface area contributed by atoms with Crippen LogP contribution in [0.2, 0.25) is 0 Å². The quantitative estimate of drug-likeness (QED) is 0.878. The van der Waals surface area contributed by atoms with Gasteiger partial charge >= 0.3 is 0 Å². The molecule has 0 saturated heterocycles. The third kappa shape index (κ3) is 3.23. The SMILES string of the molecule is CCC1(O)C=CC(OCc2ccc(C)cc2)=CC1. The monoisotopic (exact) mass is 244 g/mol. The van der Waals surface area contributed by atoms with Crippen molar-refractivity contribution in [3.63, 3.8) is 0 Å². The van der Waals surface area contributed by atoms with E-state index in [-0.39, 0.29) is 0 Å². The molecule has 1 aliphatic carbocycles. The molecule has 0 bridgehead atoms. The zero-order chi connectivity index (χ0) is 13.0. The van der Waals surface area contributed by atoms with Crippen molar-refractivity contribution in [3.8, 4) is 0 Å². The van der Waals surface area contributed by atoms with E-state index in [0.717, 1.165) is 17.7 Å². The van der Waals surface area contributed by atoms with Gasteiger partial charge in [0.1, 0.15) is 12.4 Å². The first kappa shape index (κ1) is 12.9. The second kappa shape index (κ2) is 5.40. The van der Waals surface area contributed by atoms with Gasteiger partial charge in [-0.15, -0.1) is 0 Å². The van der Waals surface area contributed by atoms with Crippen LogP contribution in [0.1, 0.15) is 30.9 Å². The summed E-state index contributed by atoms with van der Waals surface area (Å²) in [5, 5.41) is 10.0. The Balaban J connectivity index is 1.89. The lowest BCUT2D eigenvalue weighted by atomic mass is 9.92. The van der Waals surface area contributed by atoms with Gasteiger partial charge in [-0.05, 0) is 37.1 Å². The van der Waals surface area contributed by atoms with Crippen LogP contribution in [0.15, 0.2) is 48.3 Å². The Morgan fingerprint density at radius 3 is 2.56 bits per heavy atom. The van der Waals surface area contributed by atoms with Gasteiger partial charge in [0.2, 0.25) is 0 Å². The number of ether oxygens (including phenoxy) is 1. The lowest BCUT2D eigenvalue weighted by Crippen LogP contribution is -2.25. The molecular weight excluding hydrogens is 224 g/mol. The lowest BCUT2D eigenvalue weighted by Gasteiger charge is -2.24. The molecule has 0 fully saturated rings. The van der Waals surface area contributed by atoms with Crippen LogP contribution >= 0.6 is 0 Å². The number of rotatable bonds is 4. The maximum Gasteiger partial charge on any atom is 0.115 e. The maximum absolute atomic E-state index is 10.0. The number of hydrogen-bond donors (Lipinski definition) is 1. The highest BCUT2D eigenvalue weighted by molar-refractivity contribution is 5.25. The van der Waals surface area contributed by atoms with Crippen molar-refractivity contribution in [2.45, 2.75) is 38.9 Å². The van der Waals surface area contributed by atoms with Gasteiger partial charge in [0.25, 0.3) is 0 Å². The zero-order valence-corrected chi connectivity index (χ0v) is 11.0. The minimum Gasteiger partial charge on any atom is -0.489 e. The number of hydrogen-bond acceptors (Lipinski definition) is 2. The van der Waals surface area contributed by atoms with Gasteiger partial charge in [0.15, 0.2) is 0 Å². The average molecular weight is 244 g/mol. The molecule has 0 heterocycles. The van der Waals surface area contributed by atoms with Crippen LogP contribution in [0, 0.1) is 6.92 Å². The molecule has 96 valence electrons. The fourth-order valence-electron chi connectivity index (χ4n) is 1.87. The molecule has 1 aromatic rings. The van der Waals surface area contributed by atoms with Crippen molar-refractivity contribution in [2.24, 2.45) is 0 Å². The van der Waals surface area contributed by atoms with Crippen LogP contribution in [0.25, 0.3) is 0 Å².